The van der Waals surface area contributed by atoms with Crippen molar-refractivity contribution in [1.29, 1.82) is 0 Å². The minimum atomic E-state index is -0.570. The van der Waals surface area contributed by atoms with E-state index in [0.29, 0.717) is 17.7 Å². The Morgan fingerprint density at radius 3 is 2.96 bits per heavy atom. The Balaban J connectivity index is 1.77. The standard InChI is InChI=1S/C14H18N4O3S2/c1-3-6-15-12(20)9(2)16-11(19)8-23-14-18-17-13(21-14)10-5-4-7-22-10/h4-5,7,9H,3,6,8H2,1-2H3,(H,15,20)(H,16,19)/t9-/m1/s1. The molecule has 9 heteroatoms. The molecule has 0 saturated heterocycles. The van der Waals surface area contributed by atoms with Crippen LogP contribution in [0.2, 0.25) is 0 Å². The van der Waals surface area contributed by atoms with Gasteiger partial charge in [-0.1, -0.05) is 24.8 Å². The predicted molar refractivity (Wildman–Crippen MR) is 89.2 cm³/mol. The third-order valence-corrected chi connectivity index (χ3v) is 4.46. The summed E-state index contributed by atoms with van der Waals surface area (Å²) in [6, 6.07) is 3.21. The van der Waals surface area contributed by atoms with Gasteiger partial charge in [0, 0.05) is 6.54 Å². The van der Waals surface area contributed by atoms with Crippen molar-refractivity contribution in [3.05, 3.63) is 17.5 Å². The average Bonchev–Trinajstić information content (AvgIpc) is 3.21. The van der Waals surface area contributed by atoms with E-state index in [1.54, 1.807) is 6.92 Å². The summed E-state index contributed by atoms with van der Waals surface area (Å²) < 4.78 is 5.48. The fraction of sp³-hybridized carbons (Fsp3) is 0.429. The largest absolute Gasteiger partial charge is 0.410 e. The van der Waals surface area contributed by atoms with E-state index in [9.17, 15) is 9.59 Å². The first kappa shape index (κ1) is 17.5. The maximum atomic E-state index is 11.8. The SMILES string of the molecule is CCCNC(=O)[C@@H](C)NC(=O)CSc1nnc(-c2cccs2)o1. The van der Waals surface area contributed by atoms with Gasteiger partial charge < -0.3 is 15.1 Å². The van der Waals surface area contributed by atoms with Crippen LogP contribution in [0.25, 0.3) is 10.8 Å². The van der Waals surface area contributed by atoms with Crippen LogP contribution in [-0.4, -0.2) is 40.4 Å². The molecular formula is C14H18N4O3S2. The van der Waals surface area contributed by atoms with Crippen molar-refractivity contribution < 1.29 is 14.0 Å². The summed E-state index contributed by atoms with van der Waals surface area (Å²) in [7, 11) is 0. The van der Waals surface area contributed by atoms with Crippen molar-refractivity contribution in [2.45, 2.75) is 31.5 Å². The number of amides is 2. The fourth-order valence-electron chi connectivity index (χ4n) is 1.65. The number of thioether (sulfide) groups is 1. The highest BCUT2D eigenvalue weighted by molar-refractivity contribution is 7.99. The molecular weight excluding hydrogens is 336 g/mol. The molecule has 0 aromatic carbocycles. The van der Waals surface area contributed by atoms with Gasteiger partial charge in [-0.25, -0.2) is 0 Å². The smallest absolute Gasteiger partial charge is 0.277 e. The molecule has 0 fully saturated rings. The lowest BCUT2D eigenvalue weighted by Gasteiger charge is -2.13. The van der Waals surface area contributed by atoms with Gasteiger partial charge in [0.25, 0.3) is 11.1 Å². The maximum absolute atomic E-state index is 11.8. The summed E-state index contributed by atoms with van der Waals surface area (Å²) in [4.78, 5) is 24.4. The molecule has 1 atom stereocenters. The second kappa shape index (κ2) is 8.68. The highest BCUT2D eigenvalue weighted by atomic mass is 32.2. The summed E-state index contributed by atoms with van der Waals surface area (Å²) in [6.07, 6.45) is 0.853. The van der Waals surface area contributed by atoms with Crippen LogP contribution in [0, 0.1) is 0 Å². The Kier molecular flexibility index (Phi) is 6.60. The monoisotopic (exact) mass is 354 g/mol. The average molecular weight is 354 g/mol. The molecule has 0 radical (unpaired) electrons. The lowest BCUT2D eigenvalue weighted by Crippen LogP contribution is -2.45. The van der Waals surface area contributed by atoms with Gasteiger partial charge >= 0.3 is 0 Å². The van der Waals surface area contributed by atoms with Crippen LogP contribution < -0.4 is 10.6 Å². The van der Waals surface area contributed by atoms with E-state index < -0.39 is 6.04 Å². The van der Waals surface area contributed by atoms with Gasteiger partial charge in [0.15, 0.2) is 0 Å². The second-order valence-electron chi connectivity index (χ2n) is 4.72. The van der Waals surface area contributed by atoms with Crippen LogP contribution in [-0.2, 0) is 9.59 Å². The normalized spacial score (nSPS) is 11.9. The molecule has 0 aliphatic rings. The van der Waals surface area contributed by atoms with E-state index >= 15 is 0 Å². The highest BCUT2D eigenvalue weighted by Crippen LogP contribution is 2.26. The predicted octanol–water partition coefficient (Wildman–Crippen LogP) is 1.92. The van der Waals surface area contributed by atoms with Crippen molar-refractivity contribution in [3.8, 4) is 10.8 Å². The molecule has 0 unspecified atom stereocenters. The number of nitrogens with zero attached hydrogens (tertiary/aromatic N) is 2. The van der Waals surface area contributed by atoms with Gasteiger partial charge in [-0.05, 0) is 24.8 Å². The summed E-state index contributed by atoms with van der Waals surface area (Å²) in [5.74, 6) is 0.0977. The number of carbonyl (C=O) groups is 2. The van der Waals surface area contributed by atoms with Crippen LogP contribution in [0.1, 0.15) is 20.3 Å². The molecule has 0 aliphatic heterocycles. The Hall–Kier alpha value is -1.87. The Labute approximate surface area is 142 Å². The van der Waals surface area contributed by atoms with Crippen LogP contribution in [0.5, 0.6) is 0 Å². The molecule has 2 aromatic rings. The van der Waals surface area contributed by atoms with Gasteiger partial charge in [0.1, 0.15) is 6.04 Å². The first-order valence-corrected chi connectivity index (χ1v) is 9.04. The van der Waals surface area contributed by atoms with E-state index in [4.69, 9.17) is 4.42 Å². The topological polar surface area (TPSA) is 97.1 Å². The van der Waals surface area contributed by atoms with E-state index in [2.05, 4.69) is 20.8 Å². The number of carbonyl (C=O) groups excluding carboxylic acids is 2. The number of rotatable bonds is 8. The number of hydrogen-bond donors (Lipinski definition) is 2. The number of aromatic nitrogens is 2. The molecule has 2 amide bonds. The molecule has 0 saturated carbocycles. The van der Waals surface area contributed by atoms with Crippen LogP contribution in [0.4, 0.5) is 0 Å². The first-order valence-electron chi connectivity index (χ1n) is 7.17. The summed E-state index contributed by atoms with van der Waals surface area (Å²) in [6.45, 7) is 4.21. The molecule has 2 rings (SSSR count). The molecule has 2 aromatic heterocycles. The van der Waals surface area contributed by atoms with Crippen molar-refractivity contribution >= 4 is 34.9 Å². The third-order valence-electron chi connectivity index (χ3n) is 2.79. The molecule has 7 nitrogen and oxygen atoms in total. The highest BCUT2D eigenvalue weighted by Gasteiger charge is 2.16. The zero-order chi connectivity index (χ0) is 16.7. The van der Waals surface area contributed by atoms with Crippen molar-refractivity contribution in [2.75, 3.05) is 12.3 Å². The third kappa shape index (κ3) is 5.36. The first-order chi connectivity index (χ1) is 11.1. The molecule has 23 heavy (non-hydrogen) atoms. The molecule has 0 bridgehead atoms. The van der Waals surface area contributed by atoms with Crippen LogP contribution in [0.3, 0.4) is 0 Å². The summed E-state index contributed by atoms with van der Waals surface area (Å²) in [5, 5.41) is 15.4. The van der Waals surface area contributed by atoms with E-state index in [-0.39, 0.29) is 17.6 Å². The Bertz CT molecular complexity index is 642. The maximum Gasteiger partial charge on any atom is 0.277 e. The van der Waals surface area contributed by atoms with Crippen molar-refractivity contribution in [1.82, 2.24) is 20.8 Å². The van der Waals surface area contributed by atoms with Crippen molar-refractivity contribution in [2.24, 2.45) is 0 Å². The Morgan fingerprint density at radius 2 is 2.26 bits per heavy atom. The molecule has 2 heterocycles. The van der Waals surface area contributed by atoms with Gasteiger partial charge in [0.05, 0.1) is 10.6 Å². The lowest BCUT2D eigenvalue weighted by molar-refractivity contribution is -0.127. The quantitative estimate of drug-likeness (QED) is 0.703. The summed E-state index contributed by atoms with van der Waals surface area (Å²) in [5.41, 5.74) is 0. The van der Waals surface area contributed by atoms with E-state index in [0.717, 1.165) is 23.1 Å². The fourth-order valence-corrected chi connectivity index (χ4v) is 2.86. The number of hydrogen-bond acceptors (Lipinski definition) is 7. The van der Waals surface area contributed by atoms with E-state index in [1.807, 2.05) is 24.4 Å². The van der Waals surface area contributed by atoms with Gasteiger partial charge in [-0.3, -0.25) is 9.59 Å². The lowest BCUT2D eigenvalue weighted by atomic mass is 10.3. The second-order valence-corrected chi connectivity index (χ2v) is 6.59. The number of nitrogens with one attached hydrogen (secondary N) is 2. The zero-order valence-corrected chi connectivity index (χ0v) is 14.5. The van der Waals surface area contributed by atoms with Gasteiger partial charge in [-0.2, -0.15) is 0 Å². The van der Waals surface area contributed by atoms with Crippen LogP contribution in [0.15, 0.2) is 27.2 Å². The minimum absolute atomic E-state index is 0.109. The Morgan fingerprint density at radius 1 is 1.43 bits per heavy atom. The van der Waals surface area contributed by atoms with Crippen molar-refractivity contribution in [3.63, 3.8) is 0 Å². The van der Waals surface area contributed by atoms with E-state index in [1.165, 1.54) is 11.3 Å². The van der Waals surface area contributed by atoms with Crippen LogP contribution >= 0.6 is 23.1 Å². The molecule has 0 aliphatic carbocycles. The molecule has 124 valence electrons. The van der Waals surface area contributed by atoms with Gasteiger partial charge in [0.2, 0.25) is 11.8 Å². The summed E-state index contributed by atoms with van der Waals surface area (Å²) >= 11 is 2.64. The molecule has 0 spiro atoms. The van der Waals surface area contributed by atoms with Gasteiger partial charge in [-0.15, -0.1) is 21.5 Å². The minimum Gasteiger partial charge on any atom is -0.410 e. The zero-order valence-electron chi connectivity index (χ0n) is 12.9. The number of thiophene rings is 1. The molecule has 2 N–H and O–H groups in total.